The molecule has 0 spiro atoms. The van der Waals surface area contributed by atoms with E-state index in [0.29, 0.717) is 5.56 Å². The summed E-state index contributed by atoms with van der Waals surface area (Å²) in [4.78, 5) is 10.6. The molecule has 70 valence electrons. The average molecular weight is 201 g/mol. The lowest BCUT2D eigenvalue weighted by Crippen LogP contribution is -1.96. The van der Waals surface area contributed by atoms with E-state index in [0.717, 1.165) is 5.56 Å². The number of rotatable bonds is 2. The van der Waals surface area contributed by atoms with Crippen molar-refractivity contribution >= 4 is 16.8 Å². The summed E-state index contributed by atoms with van der Waals surface area (Å²) in [5.74, 6) is -0.429. The zero-order valence-corrected chi connectivity index (χ0v) is 7.80. The van der Waals surface area contributed by atoms with Crippen molar-refractivity contribution in [2.24, 2.45) is 0 Å². The van der Waals surface area contributed by atoms with Crippen molar-refractivity contribution in [1.82, 2.24) is 0 Å². The first kappa shape index (κ1) is 9.86. The van der Waals surface area contributed by atoms with Gasteiger partial charge in [-0.1, -0.05) is 0 Å². The van der Waals surface area contributed by atoms with E-state index in [4.69, 9.17) is 21.8 Å². The molecule has 1 aromatic carbocycles. The van der Waals surface area contributed by atoms with E-state index in [1.54, 1.807) is 6.92 Å². The van der Waals surface area contributed by atoms with Crippen molar-refractivity contribution in [3.05, 3.63) is 23.3 Å². The Morgan fingerprint density at radius 3 is 2.46 bits per heavy atom. The average Bonchev–Trinajstić information content (AvgIpc) is 1.99. The molecule has 1 aromatic rings. The molecule has 0 unspecified atom stereocenters. The summed E-state index contributed by atoms with van der Waals surface area (Å²) in [7, 11) is 0. The van der Waals surface area contributed by atoms with Gasteiger partial charge in [0.25, 0.3) is 0 Å². The smallest absolute Gasteiger partial charge is 0.226 e. The van der Waals surface area contributed by atoms with Crippen LogP contribution in [0.5, 0.6) is 11.5 Å². The minimum Gasteiger partial charge on any atom is -0.504 e. The quantitative estimate of drug-likeness (QED) is 0.565. The molecule has 0 aliphatic heterocycles. The summed E-state index contributed by atoms with van der Waals surface area (Å²) in [6, 6.07) is 2.73. The zero-order valence-electron chi connectivity index (χ0n) is 7.04. The summed E-state index contributed by atoms with van der Waals surface area (Å²) in [6.45, 7) is 1.73. The highest BCUT2D eigenvalue weighted by atomic mass is 35.5. The van der Waals surface area contributed by atoms with Gasteiger partial charge in [-0.25, -0.2) is 0 Å². The molecule has 0 heterocycles. The summed E-state index contributed by atoms with van der Waals surface area (Å²) in [5.41, 5.74) is 1.35. The van der Waals surface area contributed by atoms with Crippen LogP contribution in [0.1, 0.15) is 11.1 Å². The van der Waals surface area contributed by atoms with Gasteiger partial charge in [-0.15, -0.1) is 0 Å². The molecule has 0 fully saturated rings. The van der Waals surface area contributed by atoms with Crippen molar-refractivity contribution < 1.29 is 15.0 Å². The molecule has 4 heteroatoms. The van der Waals surface area contributed by atoms with Gasteiger partial charge in [-0.3, -0.25) is 4.79 Å². The Labute approximate surface area is 80.6 Å². The number of carbonyl (C=O) groups is 1. The second-order valence-corrected chi connectivity index (χ2v) is 3.22. The molecule has 13 heavy (non-hydrogen) atoms. The third-order valence-electron chi connectivity index (χ3n) is 1.76. The maximum atomic E-state index is 10.6. The molecule has 0 radical (unpaired) electrons. The third-order valence-corrected chi connectivity index (χ3v) is 1.90. The number of hydrogen-bond acceptors (Lipinski definition) is 3. The SMILES string of the molecule is Cc1cc(O)c(O)cc1CC(=O)Cl. The van der Waals surface area contributed by atoms with Crippen molar-refractivity contribution in [1.29, 1.82) is 0 Å². The van der Waals surface area contributed by atoms with Crippen molar-refractivity contribution in [3.63, 3.8) is 0 Å². The van der Waals surface area contributed by atoms with E-state index in [9.17, 15) is 4.79 Å². The normalized spacial score (nSPS) is 10.0. The largest absolute Gasteiger partial charge is 0.504 e. The van der Waals surface area contributed by atoms with E-state index in [1.807, 2.05) is 0 Å². The summed E-state index contributed by atoms with van der Waals surface area (Å²) in [5, 5.41) is 17.7. The molecule has 0 aromatic heterocycles. The molecular weight excluding hydrogens is 192 g/mol. The molecule has 2 N–H and O–H groups in total. The maximum Gasteiger partial charge on any atom is 0.226 e. The van der Waals surface area contributed by atoms with Crippen LogP contribution in [-0.4, -0.2) is 15.5 Å². The highest BCUT2D eigenvalue weighted by molar-refractivity contribution is 6.63. The van der Waals surface area contributed by atoms with Crippen molar-refractivity contribution in [2.45, 2.75) is 13.3 Å². The number of carbonyl (C=O) groups excluding carboxylic acids is 1. The van der Waals surface area contributed by atoms with Crippen LogP contribution in [-0.2, 0) is 11.2 Å². The van der Waals surface area contributed by atoms with Crippen LogP contribution in [0.15, 0.2) is 12.1 Å². The summed E-state index contributed by atoms with van der Waals surface area (Å²) >= 11 is 5.19. The van der Waals surface area contributed by atoms with Crippen LogP contribution < -0.4 is 0 Å². The molecule has 0 saturated heterocycles. The van der Waals surface area contributed by atoms with Crippen LogP contribution in [0.3, 0.4) is 0 Å². The second-order valence-electron chi connectivity index (χ2n) is 2.80. The predicted molar refractivity (Wildman–Crippen MR) is 49.1 cm³/mol. The van der Waals surface area contributed by atoms with Crippen LogP contribution >= 0.6 is 11.6 Å². The zero-order chi connectivity index (χ0) is 10.0. The Bertz CT molecular complexity index is 347. The molecular formula is C9H9ClO3. The molecule has 0 bridgehead atoms. The standard InChI is InChI=1S/C9H9ClO3/c1-5-2-7(11)8(12)3-6(5)4-9(10)13/h2-3,11-12H,4H2,1H3. The number of benzene rings is 1. The fourth-order valence-corrected chi connectivity index (χ4v) is 1.21. The Kier molecular flexibility index (Phi) is 2.78. The van der Waals surface area contributed by atoms with E-state index in [-0.39, 0.29) is 17.9 Å². The fraction of sp³-hybridized carbons (Fsp3) is 0.222. The Morgan fingerprint density at radius 2 is 1.92 bits per heavy atom. The maximum absolute atomic E-state index is 10.6. The highest BCUT2D eigenvalue weighted by Crippen LogP contribution is 2.28. The van der Waals surface area contributed by atoms with Gasteiger partial charge < -0.3 is 10.2 Å². The first-order valence-corrected chi connectivity index (χ1v) is 4.08. The van der Waals surface area contributed by atoms with E-state index in [1.165, 1.54) is 12.1 Å². The lowest BCUT2D eigenvalue weighted by molar-refractivity contribution is -0.111. The number of aromatic hydroxyl groups is 2. The molecule has 3 nitrogen and oxygen atoms in total. The Morgan fingerprint density at radius 1 is 1.38 bits per heavy atom. The van der Waals surface area contributed by atoms with Gasteiger partial charge in [0.2, 0.25) is 5.24 Å². The van der Waals surface area contributed by atoms with Crippen LogP contribution in [0.25, 0.3) is 0 Å². The highest BCUT2D eigenvalue weighted by Gasteiger charge is 2.07. The number of phenols is 2. The topological polar surface area (TPSA) is 57.5 Å². The lowest BCUT2D eigenvalue weighted by atomic mass is 10.1. The predicted octanol–water partition coefficient (Wildman–Crippen LogP) is 1.71. The monoisotopic (exact) mass is 200 g/mol. The van der Waals surface area contributed by atoms with Gasteiger partial charge in [0.05, 0.1) is 0 Å². The number of halogens is 1. The Hall–Kier alpha value is -1.22. The van der Waals surface area contributed by atoms with Gasteiger partial charge in [0.15, 0.2) is 11.5 Å². The van der Waals surface area contributed by atoms with E-state index >= 15 is 0 Å². The molecule has 1 rings (SSSR count). The van der Waals surface area contributed by atoms with Crippen LogP contribution in [0, 0.1) is 6.92 Å². The van der Waals surface area contributed by atoms with E-state index in [2.05, 4.69) is 0 Å². The molecule has 0 aliphatic carbocycles. The fourth-order valence-electron chi connectivity index (χ4n) is 1.06. The minimum absolute atomic E-state index is 0.0568. The molecule has 0 aliphatic rings. The van der Waals surface area contributed by atoms with Crippen LogP contribution in [0.2, 0.25) is 0 Å². The minimum atomic E-state index is -0.492. The number of phenolic OH excluding ortho intramolecular Hbond substituents is 2. The Balaban J connectivity index is 3.08. The summed E-state index contributed by atoms with van der Waals surface area (Å²) < 4.78 is 0. The summed E-state index contributed by atoms with van der Waals surface area (Å²) in [6.07, 6.45) is 0.0568. The second kappa shape index (κ2) is 3.66. The van der Waals surface area contributed by atoms with Crippen molar-refractivity contribution in [3.8, 4) is 11.5 Å². The first-order chi connectivity index (χ1) is 6.00. The van der Waals surface area contributed by atoms with Gasteiger partial charge >= 0.3 is 0 Å². The van der Waals surface area contributed by atoms with Gasteiger partial charge in [0.1, 0.15) is 0 Å². The van der Waals surface area contributed by atoms with Gasteiger partial charge in [-0.2, -0.15) is 0 Å². The van der Waals surface area contributed by atoms with Crippen molar-refractivity contribution in [2.75, 3.05) is 0 Å². The van der Waals surface area contributed by atoms with E-state index < -0.39 is 5.24 Å². The first-order valence-electron chi connectivity index (χ1n) is 3.70. The van der Waals surface area contributed by atoms with Gasteiger partial charge in [-0.05, 0) is 41.8 Å². The molecule has 0 atom stereocenters. The third kappa shape index (κ3) is 2.36. The molecule has 0 saturated carbocycles. The van der Waals surface area contributed by atoms with Crippen LogP contribution in [0.4, 0.5) is 0 Å². The number of hydrogen-bond donors (Lipinski definition) is 2. The lowest BCUT2D eigenvalue weighted by Gasteiger charge is -2.05. The van der Waals surface area contributed by atoms with Gasteiger partial charge in [0, 0.05) is 6.42 Å². The number of aryl methyl sites for hydroxylation is 1. The molecule has 0 amide bonds.